The molecule has 0 amide bonds. The van der Waals surface area contributed by atoms with Crippen molar-refractivity contribution in [1.29, 1.82) is 0 Å². The predicted molar refractivity (Wildman–Crippen MR) is 71.5 cm³/mol. The number of carbonyl (C=O) groups is 1. The average Bonchev–Trinajstić information content (AvgIpc) is 2.25. The molecule has 0 aliphatic rings. The third-order valence-electron chi connectivity index (χ3n) is 1.92. The summed E-state index contributed by atoms with van der Waals surface area (Å²) in [5.41, 5.74) is 0.183. The van der Waals surface area contributed by atoms with Gasteiger partial charge >= 0.3 is 13.8 Å². The number of phosphoric acid groups is 1. The number of nitrogens with zero attached hydrogens (tertiary/aromatic N) is 1. The first-order chi connectivity index (χ1) is 9.03. The fourth-order valence-electron chi connectivity index (χ4n) is 0.820. The Hall–Kier alpha value is -0.760. The van der Waals surface area contributed by atoms with Crippen LogP contribution in [0, 0.1) is 0 Å². The van der Waals surface area contributed by atoms with Crippen LogP contribution in [0.4, 0.5) is 0 Å². The highest BCUT2D eigenvalue weighted by molar-refractivity contribution is 7.47. The van der Waals surface area contributed by atoms with E-state index < -0.39 is 13.8 Å². The molecule has 9 heteroatoms. The summed E-state index contributed by atoms with van der Waals surface area (Å²) in [6.07, 6.45) is 0. The molecule has 0 fully saturated rings. The average molecular weight is 312 g/mol. The summed E-state index contributed by atoms with van der Waals surface area (Å²) in [6.45, 7) is 5.02. The normalized spacial score (nSPS) is 14.7. The smallest absolute Gasteiger partial charge is 0.329 e. The van der Waals surface area contributed by atoms with Gasteiger partial charge in [-0.1, -0.05) is 6.58 Å². The number of rotatable bonds is 10. The Morgan fingerprint density at radius 3 is 2.25 bits per heavy atom. The summed E-state index contributed by atoms with van der Waals surface area (Å²) >= 11 is 0. The van der Waals surface area contributed by atoms with E-state index in [0.29, 0.717) is 11.0 Å². The van der Waals surface area contributed by atoms with Gasteiger partial charge in [0.05, 0.1) is 27.7 Å². The SMILES string of the molecule is C=C(C)C(=O)OOCCOP(=O)(O)OCC[N+](C)(C)C. The molecule has 20 heavy (non-hydrogen) atoms. The number of hydrogen-bond acceptors (Lipinski definition) is 6. The van der Waals surface area contributed by atoms with Crippen LogP contribution < -0.4 is 0 Å². The van der Waals surface area contributed by atoms with Gasteiger partial charge < -0.3 is 9.38 Å². The van der Waals surface area contributed by atoms with Crippen LogP contribution >= 0.6 is 7.82 Å². The van der Waals surface area contributed by atoms with Crippen LogP contribution in [0.3, 0.4) is 0 Å². The summed E-state index contributed by atoms with van der Waals surface area (Å²) in [7, 11) is 1.67. The largest absolute Gasteiger partial charge is 0.472 e. The Morgan fingerprint density at radius 1 is 1.20 bits per heavy atom. The standard InChI is InChI=1S/C11H22NO7P/c1-10(2)11(13)19-16-8-9-18-20(14,15)17-7-6-12(3,4)5/h1,6-9H2,2-5H3/p+1. The maximum atomic E-state index is 11.4. The highest BCUT2D eigenvalue weighted by Gasteiger charge is 2.22. The molecule has 118 valence electrons. The van der Waals surface area contributed by atoms with E-state index in [-0.39, 0.29) is 25.4 Å². The molecule has 0 aliphatic carbocycles. The van der Waals surface area contributed by atoms with E-state index in [0.717, 1.165) is 0 Å². The zero-order valence-electron chi connectivity index (χ0n) is 12.3. The molecule has 0 saturated carbocycles. The minimum Gasteiger partial charge on any atom is -0.329 e. The summed E-state index contributed by atoms with van der Waals surface area (Å²) in [5, 5.41) is 0. The molecule has 8 nitrogen and oxygen atoms in total. The molecule has 0 bridgehead atoms. The van der Waals surface area contributed by atoms with Gasteiger partial charge in [0, 0.05) is 5.57 Å². The minimum atomic E-state index is -4.11. The van der Waals surface area contributed by atoms with Crippen molar-refractivity contribution in [3.8, 4) is 0 Å². The van der Waals surface area contributed by atoms with Crippen LogP contribution in [0.2, 0.25) is 0 Å². The van der Waals surface area contributed by atoms with Crippen molar-refractivity contribution in [1.82, 2.24) is 0 Å². The van der Waals surface area contributed by atoms with Gasteiger partial charge in [0.25, 0.3) is 0 Å². The lowest BCUT2D eigenvalue weighted by molar-refractivity contribution is -0.870. The van der Waals surface area contributed by atoms with Crippen LogP contribution in [-0.4, -0.2) is 62.9 Å². The summed E-state index contributed by atoms with van der Waals surface area (Å²) < 4.78 is 21.4. The Labute approximate surface area is 119 Å². The van der Waals surface area contributed by atoms with E-state index in [1.54, 1.807) is 0 Å². The fourth-order valence-corrected chi connectivity index (χ4v) is 1.51. The van der Waals surface area contributed by atoms with Crippen LogP contribution in [0.15, 0.2) is 12.2 Å². The zero-order valence-corrected chi connectivity index (χ0v) is 13.2. The highest BCUT2D eigenvalue weighted by atomic mass is 31.2. The highest BCUT2D eigenvalue weighted by Crippen LogP contribution is 2.42. The second kappa shape index (κ2) is 8.51. The first-order valence-electron chi connectivity index (χ1n) is 5.95. The quantitative estimate of drug-likeness (QED) is 0.160. The lowest BCUT2D eigenvalue weighted by atomic mass is 10.4. The van der Waals surface area contributed by atoms with Gasteiger partial charge in [0.1, 0.15) is 19.8 Å². The fraction of sp³-hybridized carbons (Fsp3) is 0.727. The number of likely N-dealkylation sites (N-methyl/N-ethyl adjacent to an activating group) is 1. The second-order valence-corrected chi connectivity index (χ2v) is 6.58. The van der Waals surface area contributed by atoms with Gasteiger partial charge in [-0.2, -0.15) is 4.89 Å². The lowest BCUT2D eigenvalue weighted by Gasteiger charge is -2.23. The van der Waals surface area contributed by atoms with Gasteiger partial charge in [-0.15, -0.1) is 0 Å². The van der Waals surface area contributed by atoms with Gasteiger partial charge in [-0.3, -0.25) is 13.9 Å². The minimum absolute atomic E-state index is 0.0861. The molecular formula is C11H23NO7P+. The number of hydrogen-bond donors (Lipinski definition) is 1. The molecular weight excluding hydrogens is 289 g/mol. The summed E-state index contributed by atoms with van der Waals surface area (Å²) in [6, 6.07) is 0. The molecule has 0 saturated heterocycles. The molecule has 0 radical (unpaired) electrons. The predicted octanol–water partition coefficient (Wildman–Crippen LogP) is 0.877. The van der Waals surface area contributed by atoms with E-state index >= 15 is 0 Å². The van der Waals surface area contributed by atoms with Gasteiger partial charge in [0.15, 0.2) is 0 Å². The third kappa shape index (κ3) is 11.1. The first-order valence-corrected chi connectivity index (χ1v) is 7.45. The van der Waals surface area contributed by atoms with Crippen molar-refractivity contribution in [3.05, 3.63) is 12.2 Å². The molecule has 0 spiro atoms. The van der Waals surface area contributed by atoms with E-state index in [9.17, 15) is 14.3 Å². The van der Waals surface area contributed by atoms with Gasteiger partial charge in [0.2, 0.25) is 0 Å². The maximum absolute atomic E-state index is 11.4. The topological polar surface area (TPSA) is 91.3 Å². The van der Waals surface area contributed by atoms with Crippen LogP contribution in [-0.2, 0) is 28.2 Å². The van der Waals surface area contributed by atoms with E-state index in [4.69, 9.17) is 4.52 Å². The monoisotopic (exact) mass is 312 g/mol. The van der Waals surface area contributed by atoms with Crippen molar-refractivity contribution in [2.24, 2.45) is 0 Å². The maximum Gasteiger partial charge on any atom is 0.472 e. The summed E-state index contributed by atoms with van der Waals surface area (Å²) in [5.74, 6) is -0.712. The lowest BCUT2D eigenvalue weighted by Crippen LogP contribution is -2.37. The molecule has 1 atom stereocenters. The molecule has 1 unspecified atom stereocenters. The van der Waals surface area contributed by atoms with Crippen molar-refractivity contribution in [2.75, 3.05) is 47.5 Å². The van der Waals surface area contributed by atoms with Crippen LogP contribution in [0.5, 0.6) is 0 Å². The number of phosphoric ester groups is 1. The molecule has 1 N–H and O–H groups in total. The van der Waals surface area contributed by atoms with Crippen molar-refractivity contribution < 1.29 is 37.6 Å². The molecule has 0 aromatic heterocycles. The Kier molecular flexibility index (Phi) is 8.19. The van der Waals surface area contributed by atoms with Gasteiger partial charge in [-0.25, -0.2) is 9.36 Å². The van der Waals surface area contributed by atoms with Crippen molar-refractivity contribution in [2.45, 2.75) is 6.92 Å². The molecule has 0 aromatic carbocycles. The number of carbonyl (C=O) groups excluding carboxylic acids is 1. The van der Waals surface area contributed by atoms with Crippen LogP contribution in [0.1, 0.15) is 6.92 Å². The Bertz CT molecular complexity index is 377. The molecule has 0 aliphatic heterocycles. The molecule has 0 heterocycles. The van der Waals surface area contributed by atoms with E-state index in [1.165, 1.54) is 6.92 Å². The Balaban J connectivity index is 3.75. The van der Waals surface area contributed by atoms with Crippen molar-refractivity contribution in [3.63, 3.8) is 0 Å². The first kappa shape index (κ1) is 19.2. The van der Waals surface area contributed by atoms with E-state index in [2.05, 4.69) is 20.9 Å². The van der Waals surface area contributed by atoms with Crippen LogP contribution in [0.25, 0.3) is 0 Å². The third-order valence-corrected chi connectivity index (χ3v) is 2.94. The van der Waals surface area contributed by atoms with Crippen molar-refractivity contribution >= 4 is 13.8 Å². The second-order valence-electron chi connectivity index (χ2n) is 5.12. The molecule has 0 aromatic rings. The summed E-state index contributed by atoms with van der Waals surface area (Å²) in [4.78, 5) is 29.1. The Morgan fingerprint density at radius 2 is 1.75 bits per heavy atom. The molecule has 0 rings (SSSR count). The zero-order chi connectivity index (χ0) is 15.8. The van der Waals surface area contributed by atoms with Gasteiger partial charge in [-0.05, 0) is 6.92 Å². The number of quaternary nitrogens is 1. The van der Waals surface area contributed by atoms with E-state index in [1.807, 2.05) is 21.1 Å².